The highest BCUT2D eigenvalue weighted by Gasteiger charge is 2.20. The van der Waals surface area contributed by atoms with Gasteiger partial charge in [-0.1, -0.05) is 36.4 Å². The third kappa shape index (κ3) is 4.73. The van der Waals surface area contributed by atoms with Crippen molar-refractivity contribution in [2.75, 3.05) is 32.0 Å². The number of likely N-dealkylation sites (tertiary alicyclic amines) is 1. The Hall–Kier alpha value is -2.60. The Kier molecular flexibility index (Phi) is 6.07. The van der Waals surface area contributed by atoms with E-state index in [-0.39, 0.29) is 11.4 Å². The highest BCUT2D eigenvalue weighted by Crippen LogP contribution is 2.30. The molecule has 0 aliphatic carbocycles. The van der Waals surface area contributed by atoms with Crippen molar-refractivity contribution < 1.29 is 9.66 Å². The van der Waals surface area contributed by atoms with Crippen LogP contribution in [0.5, 0.6) is 5.75 Å². The zero-order valence-electron chi connectivity index (χ0n) is 14.8. The van der Waals surface area contributed by atoms with Crippen LogP contribution in [0.15, 0.2) is 48.5 Å². The van der Waals surface area contributed by atoms with E-state index >= 15 is 0 Å². The van der Waals surface area contributed by atoms with E-state index in [4.69, 9.17) is 10.5 Å². The van der Waals surface area contributed by atoms with E-state index < -0.39 is 4.92 Å². The standard InChI is InChI=1S/C20H25N3O3/c21-20-18(23(24)25)7-4-8-19(20)26-14-13-22-11-9-17(10-12-22)15-16-5-2-1-3-6-16/h1-8,17H,9-15,21H2. The second-order valence-corrected chi connectivity index (χ2v) is 6.77. The lowest BCUT2D eigenvalue weighted by Crippen LogP contribution is -2.37. The van der Waals surface area contributed by atoms with Gasteiger partial charge in [0.05, 0.1) is 4.92 Å². The van der Waals surface area contributed by atoms with Crippen LogP contribution in [0.25, 0.3) is 0 Å². The van der Waals surface area contributed by atoms with E-state index in [0.717, 1.165) is 32.0 Å². The molecule has 3 rings (SSSR count). The first-order chi connectivity index (χ1) is 12.6. The number of ether oxygens (including phenoxy) is 1. The molecule has 0 spiro atoms. The zero-order chi connectivity index (χ0) is 18.4. The number of hydrogen-bond donors (Lipinski definition) is 1. The minimum absolute atomic E-state index is 0.0964. The molecule has 26 heavy (non-hydrogen) atoms. The Morgan fingerprint density at radius 2 is 1.85 bits per heavy atom. The molecule has 2 aromatic rings. The lowest BCUT2D eigenvalue weighted by atomic mass is 9.90. The number of anilines is 1. The van der Waals surface area contributed by atoms with Crippen LogP contribution in [-0.4, -0.2) is 36.1 Å². The molecule has 2 N–H and O–H groups in total. The van der Waals surface area contributed by atoms with Crippen LogP contribution in [0.3, 0.4) is 0 Å². The summed E-state index contributed by atoms with van der Waals surface area (Å²) in [6.45, 7) is 3.41. The van der Waals surface area contributed by atoms with Gasteiger partial charge in [-0.3, -0.25) is 15.0 Å². The van der Waals surface area contributed by atoms with E-state index in [1.165, 1.54) is 24.5 Å². The summed E-state index contributed by atoms with van der Waals surface area (Å²) in [4.78, 5) is 12.8. The Bertz CT molecular complexity index is 728. The molecule has 0 aromatic heterocycles. The number of nitro groups is 1. The molecule has 1 saturated heterocycles. The fraction of sp³-hybridized carbons (Fsp3) is 0.400. The quantitative estimate of drug-likeness (QED) is 0.467. The first-order valence-corrected chi connectivity index (χ1v) is 9.05. The lowest BCUT2D eigenvalue weighted by Gasteiger charge is -2.31. The largest absolute Gasteiger partial charge is 0.490 e. The Balaban J connectivity index is 1.42. The van der Waals surface area contributed by atoms with Gasteiger partial charge in [0.2, 0.25) is 0 Å². The van der Waals surface area contributed by atoms with Gasteiger partial charge in [-0.15, -0.1) is 0 Å². The average molecular weight is 355 g/mol. The topological polar surface area (TPSA) is 81.6 Å². The second-order valence-electron chi connectivity index (χ2n) is 6.77. The van der Waals surface area contributed by atoms with Crippen molar-refractivity contribution in [2.24, 2.45) is 5.92 Å². The van der Waals surface area contributed by atoms with Crippen LogP contribution in [0.4, 0.5) is 11.4 Å². The van der Waals surface area contributed by atoms with Crippen LogP contribution < -0.4 is 10.5 Å². The van der Waals surface area contributed by atoms with Crippen LogP contribution in [-0.2, 0) is 6.42 Å². The monoisotopic (exact) mass is 355 g/mol. The first kappa shape index (κ1) is 18.2. The molecule has 0 atom stereocenters. The van der Waals surface area contributed by atoms with Crippen molar-refractivity contribution in [2.45, 2.75) is 19.3 Å². The third-order valence-electron chi connectivity index (χ3n) is 4.98. The minimum atomic E-state index is -0.486. The predicted octanol–water partition coefficient (Wildman–Crippen LogP) is 3.51. The third-order valence-corrected chi connectivity index (χ3v) is 4.98. The summed E-state index contributed by atoms with van der Waals surface area (Å²) in [6, 6.07) is 15.3. The Morgan fingerprint density at radius 3 is 2.54 bits per heavy atom. The van der Waals surface area contributed by atoms with Crippen molar-refractivity contribution in [1.29, 1.82) is 0 Å². The van der Waals surface area contributed by atoms with Crippen LogP contribution >= 0.6 is 0 Å². The highest BCUT2D eigenvalue weighted by molar-refractivity contribution is 5.66. The number of nitro benzene ring substituents is 1. The fourth-order valence-electron chi connectivity index (χ4n) is 3.46. The van der Waals surface area contributed by atoms with Gasteiger partial charge in [-0.05, 0) is 49.9 Å². The molecule has 0 saturated carbocycles. The van der Waals surface area contributed by atoms with Gasteiger partial charge in [0, 0.05) is 12.6 Å². The molecule has 6 nitrogen and oxygen atoms in total. The maximum Gasteiger partial charge on any atom is 0.295 e. The first-order valence-electron chi connectivity index (χ1n) is 9.05. The molecule has 1 fully saturated rings. The summed E-state index contributed by atoms with van der Waals surface area (Å²) in [6.07, 6.45) is 3.52. The predicted molar refractivity (Wildman–Crippen MR) is 102 cm³/mol. The lowest BCUT2D eigenvalue weighted by molar-refractivity contribution is -0.384. The van der Waals surface area contributed by atoms with Crippen LogP contribution in [0.1, 0.15) is 18.4 Å². The molecule has 2 aromatic carbocycles. The van der Waals surface area contributed by atoms with Crippen LogP contribution in [0.2, 0.25) is 0 Å². The number of benzene rings is 2. The number of nitrogen functional groups attached to an aromatic ring is 1. The molecule has 0 radical (unpaired) electrons. The molecule has 1 aliphatic heterocycles. The van der Waals surface area contributed by atoms with Gasteiger partial charge in [0.25, 0.3) is 5.69 Å². The van der Waals surface area contributed by atoms with E-state index in [1.807, 2.05) is 0 Å². The van der Waals surface area contributed by atoms with E-state index in [9.17, 15) is 10.1 Å². The molecule has 1 aliphatic rings. The van der Waals surface area contributed by atoms with Crippen molar-refractivity contribution in [3.8, 4) is 5.75 Å². The minimum Gasteiger partial charge on any atom is -0.490 e. The van der Waals surface area contributed by atoms with Crippen molar-refractivity contribution in [3.63, 3.8) is 0 Å². The Labute approximate surface area is 153 Å². The van der Waals surface area contributed by atoms with Crippen molar-refractivity contribution in [1.82, 2.24) is 4.90 Å². The molecule has 0 bridgehead atoms. The molecule has 6 heteroatoms. The second kappa shape index (κ2) is 8.67. The van der Waals surface area contributed by atoms with E-state index in [1.54, 1.807) is 12.1 Å². The summed E-state index contributed by atoms with van der Waals surface area (Å²) >= 11 is 0. The number of rotatable bonds is 7. The van der Waals surface area contributed by atoms with E-state index in [2.05, 4.69) is 35.2 Å². The maximum absolute atomic E-state index is 10.9. The van der Waals surface area contributed by atoms with Gasteiger partial charge in [0.15, 0.2) is 5.69 Å². The normalized spacial score (nSPS) is 15.7. The number of hydrogen-bond acceptors (Lipinski definition) is 5. The van der Waals surface area contributed by atoms with Gasteiger partial charge in [-0.2, -0.15) is 0 Å². The molecule has 0 amide bonds. The molecule has 138 valence electrons. The summed E-state index contributed by atoms with van der Waals surface area (Å²) in [5.41, 5.74) is 7.22. The average Bonchev–Trinajstić information content (AvgIpc) is 2.65. The number of para-hydroxylation sites is 1. The van der Waals surface area contributed by atoms with E-state index in [0.29, 0.717) is 12.4 Å². The smallest absolute Gasteiger partial charge is 0.295 e. The summed E-state index contributed by atoms with van der Waals surface area (Å²) in [7, 11) is 0. The number of nitrogens with two attached hydrogens (primary N) is 1. The highest BCUT2D eigenvalue weighted by atomic mass is 16.6. The summed E-state index contributed by atoms with van der Waals surface area (Å²) < 4.78 is 5.68. The molecule has 1 heterocycles. The van der Waals surface area contributed by atoms with Gasteiger partial charge in [0.1, 0.15) is 12.4 Å². The molecule has 0 unspecified atom stereocenters. The SMILES string of the molecule is Nc1c(OCCN2CCC(Cc3ccccc3)CC2)cccc1[N+](=O)[O-]. The fourth-order valence-corrected chi connectivity index (χ4v) is 3.46. The molecular weight excluding hydrogens is 330 g/mol. The van der Waals surface area contributed by atoms with Gasteiger partial charge < -0.3 is 10.5 Å². The van der Waals surface area contributed by atoms with Crippen molar-refractivity contribution in [3.05, 3.63) is 64.2 Å². The number of piperidine rings is 1. The number of nitrogens with zero attached hydrogens (tertiary/aromatic N) is 2. The summed E-state index contributed by atoms with van der Waals surface area (Å²) in [5.74, 6) is 1.13. The van der Waals surface area contributed by atoms with Gasteiger partial charge >= 0.3 is 0 Å². The maximum atomic E-state index is 10.9. The Morgan fingerprint density at radius 1 is 1.12 bits per heavy atom. The molecular formula is C20H25N3O3. The van der Waals surface area contributed by atoms with Gasteiger partial charge in [-0.25, -0.2) is 0 Å². The zero-order valence-corrected chi connectivity index (χ0v) is 14.8. The van der Waals surface area contributed by atoms with Crippen molar-refractivity contribution >= 4 is 11.4 Å². The summed E-state index contributed by atoms with van der Waals surface area (Å²) in [5, 5.41) is 10.9. The van der Waals surface area contributed by atoms with Crippen LogP contribution in [0, 0.1) is 16.0 Å².